The van der Waals surface area contributed by atoms with Crippen molar-refractivity contribution in [1.29, 1.82) is 0 Å². The largest absolute Gasteiger partial charge is 0.372 e. The third-order valence-corrected chi connectivity index (χ3v) is 3.38. The Morgan fingerprint density at radius 1 is 1.24 bits per heavy atom. The van der Waals surface area contributed by atoms with Crippen LogP contribution in [0.5, 0.6) is 0 Å². The van der Waals surface area contributed by atoms with E-state index in [0.29, 0.717) is 0 Å². The minimum Gasteiger partial charge on any atom is -0.372 e. The summed E-state index contributed by atoms with van der Waals surface area (Å²) < 4.78 is 7.00. The highest BCUT2D eigenvalue weighted by Gasteiger charge is 2.18. The van der Waals surface area contributed by atoms with Gasteiger partial charge in [0.1, 0.15) is 0 Å². The van der Waals surface area contributed by atoms with Gasteiger partial charge in [0.05, 0.1) is 6.10 Å². The van der Waals surface area contributed by atoms with Crippen molar-refractivity contribution in [3.8, 4) is 0 Å². The lowest BCUT2D eigenvalue weighted by molar-refractivity contribution is 0.0318. The second kappa shape index (κ2) is 7.85. The average Bonchev–Trinajstić information content (AvgIpc) is 2.35. The minimum atomic E-state index is 0.0136. The highest BCUT2D eigenvalue weighted by molar-refractivity contribution is 9.10. The topological polar surface area (TPSA) is 35.2 Å². The van der Waals surface area contributed by atoms with Gasteiger partial charge >= 0.3 is 0 Å². The Morgan fingerprint density at radius 3 is 2.41 bits per heavy atom. The first-order chi connectivity index (χ1) is 8.19. The third kappa shape index (κ3) is 4.78. The number of unbranched alkanes of at least 4 members (excludes halogenated alkanes) is 1. The van der Waals surface area contributed by atoms with Crippen molar-refractivity contribution in [2.45, 2.75) is 45.3 Å². The van der Waals surface area contributed by atoms with Gasteiger partial charge < -0.3 is 10.5 Å². The molecule has 1 aromatic rings. The van der Waals surface area contributed by atoms with Crippen LogP contribution in [0.15, 0.2) is 28.7 Å². The van der Waals surface area contributed by atoms with Crippen molar-refractivity contribution in [2.24, 2.45) is 5.73 Å². The normalized spacial score (nSPS) is 14.6. The van der Waals surface area contributed by atoms with E-state index in [1.807, 2.05) is 12.1 Å². The summed E-state index contributed by atoms with van der Waals surface area (Å²) in [5.74, 6) is 0. The van der Waals surface area contributed by atoms with Crippen molar-refractivity contribution in [3.63, 3.8) is 0 Å². The fourth-order valence-corrected chi connectivity index (χ4v) is 1.95. The van der Waals surface area contributed by atoms with Crippen LogP contribution in [0.4, 0.5) is 0 Å². The number of nitrogens with two attached hydrogens (primary N) is 1. The monoisotopic (exact) mass is 299 g/mol. The highest BCUT2D eigenvalue weighted by Crippen LogP contribution is 2.24. The standard InChI is InChI=1S/C14H22BrNO/c1-3-5-10-17-14(13(16)4-2)11-6-8-12(15)9-7-11/h6-9,13-14H,3-5,10,16H2,1-2H3. The first-order valence-corrected chi connectivity index (χ1v) is 7.11. The summed E-state index contributed by atoms with van der Waals surface area (Å²) in [5.41, 5.74) is 7.30. The maximum Gasteiger partial charge on any atom is 0.0975 e. The molecule has 96 valence electrons. The molecule has 0 aliphatic rings. The Morgan fingerprint density at radius 2 is 1.88 bits per heavy atom. The Bertz CT molecular complexity index is 313. The van der Waals surface area contributed by atoms with E-state index in [9.17, 15) is 0 Å². The van der Waals surface area contributed by atoms with Gasteiger partial charge in [0.2, 0.25) is 0 Å². The van der Waals surface area contributed by atoms with Crippen LogP contribution in [0.1, 0.15) is 44.8 Å². The van der Waals surface area contributed by atoms with Crippen LogP contribution in [-0.4, -0.2) is 12.6 Å². The molecule has 0 radical (unpaired) electrons. The molecule has 2 unspecified atom stereocenters. The number of benzene rings is 1. The number of halogens is 1. The smallest absolute Gasteiger partial charge is 0.0975 e. The molecule has 2 nitrogen and oxygen atoms in total. The summed E-state index contributed by atoms with van der Waals surface area (Å²) in [6.07, 6.45) is 3.17. The van der Waals surface area contributed by atoms with Crippen molar-refractivity contribution in [1.82, 2.24) is 0 Å². The van der Waals surface area contributed by atoms with Crippen LogP contribution in [0, 0.1) is 0 Å². The zero-order valence-electron chi connectivity index (χ0n) is 10.7. The molecular formula is C14H22BrNO. The van der Waals surface area contributed by atoms with Crippen molar-refractivity contribution < 1.29 is 4.74 Å². The molecular weight excluding hydrogens is 278 g/mol. The van der Waals surface area contributed by atoms with Crippen LogP contribution in [-0.2, 0) is 4.74 Å². The maximum atomic E-state index is 6.13. The molecule has 0 aliphatic heterocycles. The van der Waals surface area contributed by atoms with Gasteiger partial charge in [-0.25, -0.2) is 0 Å². The molecule has 0 heterocycles. The highest BCUT2D eigenvalue weighted by atomic mass is 79.9. The first-order valence-electron chi connectivity index (χ1n) is 6.31. The van der Waals surface area contributed by atoms with Gasteiger partial charge in [-0.2, -0.15) is 0 Å². The van der Waals surface area contributed by atoms with E-state index in [0.717, 1.165) is 30.3 Å². The van der Waals surface area contributed by atoms with Crippen LogP contribution in [0.25, 0.3) is 0 Å². The van der Waals surface area contributed by atoms with E-state index in [2.05, 4.69) is 41.9 Å². The van der Waals surface area contributed by atoms with E-state index in [1.165, 1.54) is 5.56 Å². The molecule has 2 N–H and O–H groups in total. The van der Waals surface area contributed by atoms with Crippen molar-refractivity contribution in [2.75, 3.05) is 6.61 Å². The molecule has 1 aromatic carbocycles. The molecule has 0 saturated carbocycles. The Hall–Kier alpha value is -0.380. The molecule has 0 amide bonds. The van der Waals surface area contributed by atoms with E-state index >= 15 is 0 Å². The number of ether oxygens (including phenoxy) is 1. The molecule has 0 aromatic heterocycles. The van der Waals surface area contributed by atoms with Crippen LogP contribution >= 0.6 is 15.9 Å². The zero-order chi connectivity index (χ0) is 12.7. The summed E-state index contributed by atoms with van der Waals surface area (Å²) in [6, 6.07) is 8.29. The summed E-state index contributed by atoms with van der Waals surface area (Å²) >= 11 is 3.44. The molecule has 0 saturated heterocycles. The molecule has 0 fully saturated rings. The molecule has 1 rings (SSSR count). The van der Waals surface area contributed by atoms with Gasteiger partial charge in [-0.05, 0) is 30.5 Å². The predicted octanol–water partition coefficient (Wildman–Crippen LogP) is 4.04. The van der Waals surface area contributed by atoms with Gasteiger partial charge in [-0.15, -0.1) is 0 Å². The lowest BCUT2D eigenvalue weighted by Crippen LogP contribution is -2.29. The van der Waals surface area contributed by atoms with Gasteiger partial charge in [-0.3, -0.25) is 0 Å². The Kier molecular flexibility index (Phi) is 6.78. The predicted molar refractivity (Wildman–Crippen MR) is 76.0 cm³/mol. The first kappa shape index (κ1) is 14.7. The Balaban J connectivity index is 2.71. The van der Waals surface area contributed by atoms with Crippen LogP contribution in [0.3, 0.4) is 0 Å². The van der Waals surface area contributed by atoms with E-state index in [1.54, 1.807) is 0 Å². The molecule has 0 spiro atoms. The van der Waals surface area contributed by atoms with Crippen molar-refractivity contribution in [3.05, 3.63) is 34.3 Å². The Labute approximate surface area is 113 Å². The molecule has 17 heavy (non-hydrogen) atoms. The van der Waals surface area contributed by atoms with E-state index in [4.69, 9.17) is 10.5 Å². The van der Waals surface area contributed by atoms with Crippen LogP contribution < -0.4 is 5.73 Å². The van der Waals surface area contributed by atoms with E-state index < -0.39 is 0 Å². The second-order valence-electron chi connectivity index (χ2n) is 4.27. The van der Waals surface area contributed by atoms with E-state index in [-0.39, 0.29) is 12.1 Å². The quantitative estimate of drug-likeness (QED) is 0.771. The fraction of sp³-hybridized carbons (Fsp3) is 0.571. The summed E-state index contributed by atoms with van der Waals surface area (Å²) in [4.78, 5) is 0. The summed E-state index contributed by atoms with van der Waals surface area (Å²) in [5, 5.41) is 0. The molecule has 3 heteroatoms. The van der Waals surface area contributed by atoms with Gasteiger partial charge in [-0.1, -0.05) is 48.3 Å². The summed E-state index contributed by atoms with van der Waals surface area (Å²) in [7, 11) is 0. The van der Waals surface area contributed by atoms with Gasteiger partial charge in [0.25, 0.3) is 0 Å². The average molecular weight is 300 g/mol. The molecule has 0 aliphatic carbocycles. The minimum absolute atomic E-state index is 0.0136. The second-order valence-corrected chi connectivity index (χ2v) is 5.18. The van der Waals surface area contributed by atoms with Crippen LogP contribution in [0.2, 0.25) is 0 Å². The summed E-state index contributed by atoms with van der Waals surface area (Å²) in [6.45, 7) is 5.04. The zero-order valence-corrected chi connectivity index (χ0v) is 12.2. The molecule has 0 bridgehead atoms. The van der Waals surface area contributed by atoms with Crippen molar-refractivity contribution >= 4 is 15.9 Å². The van der Waals surface area contributed by atoms with Gasteiger partial charge in [0, 0.05) is 17.1 Å². The lowest BCUT2D eigenvalue weighted by Gasteiger charge is -2.24. The lowest BCUT2D eigenvalue weighted by atomic mass is 10.0. The maximum absolute atomic E-state index is 6.13. The number of hydrogen-bond acceptors (Lipinski definition) is 2. The van der Waals surface area contributed by atoms with Gasteiger partial charge in [0.15, 0.2) is 0 Å². The number of hydrogen-bond donors (Lipinski definition) is 1. The number of rotatable bonds is 7. The SMILES string of the molecule is CCCCOC(c1ccc(Br)cc1)C(N)CC. The fourth-order valence-electron chi connectivity index (χ4n) is 1.69. The third-order valence-electron chi connectivity index (χ3n) is 2.85. The molecule has 2 atom stereocenters.